The Morgan fingerprint density at radius 2 is 1.76 bits per heavy atom. The quantitative estimate of drug-likeness (QED) is 0.809. The summed E-state index contributed by atoms with van der Waals surface area (Å²) in [6, 6.07) is 15.6. The third-order valence-corrected chi connectivity index (χ3v) is 3.24. The zero-order valence-electron chi connectivity index (χ0n) is 9.47. The third kappa shape index (κ3) is 1.98. The molecule has 0 fully saturated rings. The number of hydrogen-bond donors (Lipinski definition) is 1. The SMILES string of the molecule is Oc1ccc([C@H]2COc3ccccc3C2)cc1. The van der Waals surface area contributed by atoms with E-state index in [1.165, 1.54) is 11.1 Å². The van der Waals surface area contributed by atoms with E-state index in [2.05, 4.69) is 6.07 Å². The van der Waals surface area contributed by atoms with Crippen LogP contribution >= 0.6 is 0 Å². The van der Waals surface area contributed by atoms with Crippen molar-refractivity contribution < 1.29 is 9.84 Å². The van der Waals surface area contributed by atoms with Crippen LogP contribution in [0.15, 0.2) is 48.5 Å². The standard InChI is InChI=1S/C15H14O2/c16-14-7-5-11(6-8-14)13-9-12-3-1-2-4-15(12)17-10-13/h1-8,13,16H,9-10H2/t13-/m1/s1. The molecule has 1 aliphatic heterocycles. The predicted octanol–water partition coefficient (Wildman–Crippen LogP) is 3.11. The topological polar surface area (TPSA) is 29.5 Å². The Labute approximate surface area is 100 Å². The smallest absolute Gasteiger partial charge is 0.122 e. The molecule has 0 aromatic heterocycles. The molecule has 0 saturated heterocycles. The number of hydrogen-bond acceptors (Lipinski definition) is 2. The molecule has 0 spiro atoms. The molecule has 0 saturated carbocycles. The summed E-state index contributed by atoms with van der Waals surface area (Å²) in [6.07, 6.45) is 1.00. The monoisotopic (exact) mass is 226 g/mol. The van der Waals surface area contributed by atoms with E-state index in [9.17, 15) is 5.11 Å². The molecule has 0 radical (unpaired) electrons. The van der Waals surface area contributed by atoms with Crippen molar-refractivity contribution in [3.8, 4) is 11.5 Å². The lowest BCUT2D eigenvalue weighted by atomic mass is 9.90. The van der Waals surface area contributed by atoms with E-state index in [1.54, 1.807) is 12.1 Å². The lowest BCUT2D eigenvalue weighted by molar-refractivity contribution is 0.262. The number of fused-ring (bicyclic) bond motifs is 1. The van der Waals surface area contributed by atoms with Crippen LogP contribution in [0.25, 0.3) is 0 Å². The molecule has 1 N–H and O–H groups in total. The molecule has 1 atom stereocenters. The second-order valence-corrected chi connectivity index (χ2v) is 4.41. The van der Waals surface area contributed by atoms with E-state index in [4.69, 9.17) is 4.74 Å². The first kappa shape index (κ1) is 10.2. The molecule has 0 unspecified atom stereocenters. The molecule has 2 heteroatoms. The van der Waals surface area contributed by atoms with E-state index in [0.717, 1.165) is 12.2 Å². The molecule has 2 aromatic carbocycles. The minimum Gasteiger partial charge on any atom is -0.508 e. The molecule has 1 aliphatic rings. The Morgan fingerprint density at radius 1 is 1.00 bits per heavy atom. The van der Waals surface area contributed by atoms with Crippen molar-refractivity contribution in [1.82, 2.24) is 0 Å². The maximum Gasteiger partial charge on any atom is 0.122 e. The number of ether oxygens (including phenoxy) is 1. The number of aromatic hydroxyl groups is 1. The zero-order valence-corrected chi connectivity index (χ0v) is 9.47. The molecule has 1 heterocycles. The van der Waals surface area contributed by atoms with E-state index >= 15 is 0 Å². The van der Waals surface area contributed by atoms with Gasteiger partial charge in [0, 0.05) is 5.92 Å². The van der Waals surface area contributed by atoms with Crippen molar-refractivity contribution in [1.29, 1.82) is 0 Å². The van der Waals surface area contributed by atoms with Crippen molar-refractivity contribution in [2.75, 3.05) is 6.61 Å². The number of phenols is 1. The van der Waals surface area contributed by atoms with E-state index in [0.29, 0.717) is 18.3 Å². The lowest BCUT2D eigenvalue weighted by Gasteiger charge is -2.25. The maximum absolute atomic E-state index is 9.28. The van der Waals surface area contributed by atoms with Crippen LogP contribution in [0, 0.1) is 0 Å². The van der Waals surface area contributed by atoms with Gasteiger partial charge in [-0.3, -0.25) is 0 Å². The number of benzene rings is 2. The van der Waals surface area contributed by atoms with Gasteiger partial charge in [-0.1, -0.05) is 30.3 Å². The summed E-state index contributed by atoms with van der Waals surface area (Å²) in [5.74, 6) is 1.69. The summed E-state index contributed by atoms with van der Waals surface area (Å²) in [4.78, 5) is 0. The maximum atomic E-state index is 9.28. The van der Waals surface area contributed by atoms with Gasteiger partial charge in [0.15, 0.2) is 0 Å². The molecular weight excluding hydrogens is 212 g/mol. The van der Waals surface area contributed by atoms with E-state index in [1.807, 2.05) is 30.3 Å². The third-order valence-electron chi connectivity index (χ3n) is 3.24. The van der Waals surface area contributed by atoms with Crippen LogP contribution < -0.4 is 4.74 Å². The van der Waals surface area contributed by atoms with Crippen LogP contribution in [0.2, 0.25) is 0 Å². The zero-order chi connectivity index (χ0) is 11.7. The van der Waals surface area contributed by atoms with Crippen LogP contribution in [-0.4, -0.2) is 11.7 Å². The lowest BCUT2D eigenvalue weighted by Crippen LogP contribution is -2.18. The second-order valence-electron chi connectivity index (χ2n) is 4.41. The number of para-hydroxylation sites is 1. The second kappa shape index (κ2) is 4.13. The van der Waals surface area contributed by atoms with Crippen LogP contribution in [0.4, 0.5) is 0 Å². The first-order valence-corrected chi connectivity index (χ1v) is 5.82. The van der Waals surface area contributed by atoms with Gasteiger partial charge in [-0.25, -0.2) is 0 Å². The Hall–Kier alpha value is -1.96. The molecule has 0 aliphatic carbocycles. The van der Waals surface area contributed by atoms with E-state index < -0.39 is 0 Å². The van der Waals surface area contributed by atoms with Gasteiger partial charge in [0.2, 0.25) is 0 Å². The number of rotatable bonds is 1. The van der Waals surface area contributed by atoms with Gasteiger partial charge >= 0.3 is 0 Å². The minimum atomic E-state index is 0.311. The van der Waals surface area contributed by atoms with Crippen molar-refractivity contribution in [2.45, 2.75) is 12.3 Å². The number of phenolic OH excluding ortho intramolecular Hbond substituents is 1. The molecule has 3 rings (SSSR count). The Balaban J connectivity index is 1.86. The van der Waals surface area contributed by atoms with Crippen LogP contribution in [0.1, 0.15) is 17.0 Å². The highest BCUT2D eigenvalue weighted by molar-refractivity contribution is 5.38. The van der Waals surface area contributed by atoms with Gasteiger partial charge in [0.1, 0.15) is 11.5 Å². The van der Waals surface area contributed by atoms with Crippen molar-refractivity contribution >= 4 is 0 Å². The summed E-state index contributed by atoms with van der Waals surface area (Å²) in [6.45, 7) is 0.710. The molecule has 0 bridgehead atoms. The average molecular weight is 226 g/mol. The summed E-state index contributed by atoms with van der Waals surface area (Å²) < 4.78 is 5.76. The molecule has 17 heavy (non-hydrogen) atoms. The summed E-state index contributed by atoms with van der Waals surface area (Å²) in [7, 11) is 0. The molecule has 2 aromatic rings. The fourth-order valence-electron chi connectivity index (χ4n) is 2.29. The summed E-state index contributed by atoms with van der Waals surface area (Å²) >= 11 is 0. The van der Waals surface area contributed by atoms with Crippen LogP contribution in [-0.2, 0) is 6.42 Å². The Bertz CT molecular complexity index is 517. The summed E-state index contributed by atoms with van der Waals surface area (Å²) in [5.41, 5.74) is 2.48. The van der Waals surface area contributed by atoms with E-state index in [-0.39, 0.29) is 0 Å². The first-order valence-electron chi connectivity index (χ1n) is 5.82. The minimum absolute atomic E-state index is 0.311. The highest BCUT2D eigenvalue weighted by Crippen LogP contribution is 2.32. The van der Waals surface area contributed by atoms with Crippen LogP contribution in [0.3, 0.4) is 0 Å². The molecule has 2 nitrogen and oxygen atoms in total. The largest absolute Gasteiger partial charge is 0.508 e. The summed E-state index contributed by atoms with van der Waals surface area (Å²) in [5, 5.41) is 9.28. The van der Waals surface area contributed by atoms with Gasteiger partial charge < -0.3 is 9.84 Å². The van der Waals surface area contributed by atoms with Gasteiger partial charge in [0.05, 0.1) is 6.61 Å². The average Bonchev–Trinajstić information content (AvgIpc) is 2.39. The Kier molecular flexibility index (Phi) is 2.48. The van der Waals surface area contributed by atoms with Crippen molar-refractivity contribution in [2.24, 2.45) is 0 Å². The molecule has 0 amide bonds. The fourth-order valence-corrected chi connectivity index (χ4v) is 2.29. The van der Waals surface area contributed by atoms with Gasteiger partial charge in [0.25, 0.3) is 0 Å². The van der Waals surface area contributed by atoms with Crippen molar-refractivity contribution in [3.63, 3.8) is 0 Å². The molecular formula is C15H14O2. The highest BCUT2D eigenvalue weighted by atomic mass is 16.5. The molecule has 86 valence electrons. The van der Waals surface area contributed by atoms with Crippen LogP contribution in [0.5, 0.6) is 11.5 Å². The normalized spacial score (nSPS) is 18.2. The fraction of sp³-hybridized carbons (Fsp3) is 0.200. The van der Waals surface area contributed by atoms with Crippen molar-refractivity contribution in [3.05, 3.63) is 59.7 Å². The first-order chi connectivity index (χ1) is 8.33. The van der Waals surface area contributed by atoms with Gasteiger partial charge in [-0.2, -0.15) is 0 Å². The predicted molar refractivity (Wildman–Crippen MR) is 66.5 cm³/mol. The highest BCUT2D eigenvalue weighted by Gasteiger charge is 2.20. The van der Waals surface area contributed by atoms with Gasteiger partial charge in [-0.15, -0.1) is 0 Å². The Morgan fingerprint density at radius 3 is 2.59 bits per heavy atom. The van der Waals surface area contributed by atoms with Gasteiger partial charge in [-0.05, 0) is 35.7 Å².